The molecule has 0 aliphatic carbocycles. The summed E-state index contributed by atoms with van der Waals surface area (Å²) >= 11 is 1.50. The Morgan fingerprint density at radius 2 is 1.81 bits per heavy atom. The molecule has 206 valence electrons. The average Bonchev–Trinajstić information content (AvgIpc) is 2.82. The van der Waals surface area contributed by atoms with E-state index in [0.29, 0.717) is 17.9 Å². The molecule has 37 heavy (non-hydrogen) atoms. The summed E-state index contributed by atoms with van der Waals surface area (Å²) in [7, 11) is 0. The molecule has 0 spiro atoms. The molecular weight excluding hydrogens is 494 g/mol. The van der Waals surface area contributed by atoms with Gasteiger partial charge in [-0.2, -0.15) is 11.8 Å². The Balaban J connectivity index is 2.92. The highest BCUT2D eigenvalue weighted by Crippen LogP contribution is 2.19. The van der Waals surface area contributed by atoms with Crippen molar-refractivity contribution in [2.75, 3.05) is 19.0 Å². The zero-order valence-electron chi connectivity index (χ0n) is 21.8. The first-order chi connectivity index (χ1) is 17.4. The van der Waals surface area contributed by atoms with Crippen molar-refractivity contribution in [1.29, 1.82) is 0 Å². The topological polar surface area (TPSA) is 198 Å². The van der Waals surface area contributed by atoms with Crippen LogP contribution in [0.15, 0.2) is 35.8 Å². The van der Waals surface area contributed by atoms with Crippen LogP contribution in [0.2, 0.25) is 0 Å². The van der Waals surface area contributed by atoms with Crippen LogP contribution < -0.4 is 33.2 Å². The molecule has 0 aliphatic heterocycles. The van der Waals surface area contributed by atoms with Gasteiger partial charge in [0.05, 0.1) is 12.8 Å². The van der Waals surface area contributed by atoms with Gasteiger partial charge in [0.1, 0.15) is 12.1 Å². The van der Waals surface area contributed by atoms with Crippen LogP contribution in [0, 0.1) is 5.41 Å². The van der Waals surface area contributed by atoms with E-state index in [2.05, 4.69) is 27.5 Å². The lowest BCUT2D eigenvalue weighted by atomic mass is 9.86. The number of hydrogen-bond acceptors (Lipinski definition) is 7. The zero-order valence-corrected chi connectivity index (χ0v) is 22.6. The van der Waals surface area contributed by atoms with E-state index in [4.69, 9.17) is 17.2 Å². The van der Waals surface area contributed by atoms with Gasteiger partial charge in [-0.25, -0.2) is 0 Å². The van der Waals surface area contributed by atoms with Crippen LogP contribution >= 0.6 is 11.8 Å². The van der Waals surface area contributed by atoms with Gasteiger partial charge < -0.3 is 32.9 Å². The molecular formula is C25H41N7O4S. The first kappa shape index (κ1) is 31.9. The van der Waals surface area contributed by atoms with Crippen molar-refractivity contribution in [3.05, 3.63) is 42.0 Å². The first-order valence-electron chi connectivity index (χ1n) is 12.0. The van der Waals surface area contributed by atoms with E-state index in [-0.39, 0.29) is 18.9 Å². The van der Waals surface area contributed by atoms with Crippen LogP contribution in [0.4, 0.5) is 0 Å². The van der Waals surface area contributed by atoms with Gasteiger partial charge in [-0.3, -0.25) is 24.7 Å². The minimum Gasteiger partial charge on any atom is -0.381 e. The quantitative estimate of drug-likeness (QED) is 0.0665. The maximum absolute atomic E-state index is 13.1. The predicted molar refractivity (Wildman–Crippen MR) is 149 cm³/mol. The highest BCUT2D eigenvalue weighted by atomic mass is 32.2. The summed E-state index contributed by atoms with van der Waals surface area (Å²) < 4.78 is 0. The maximum Gasteiger partial charge on any atom is 0.243 e. The maximum atomic E-state index is 13.1. The minimum atomic E-state index is -0.969. The van der Waals surface area contributed by atoms with Gasteiger partial charge in [-0.1, -0.05) is 57.7 Å². The van der Waals surface area contributed by atoms with E-state index in [1.54, 1.807) is 26.8 Å². The van der Waals surface area contributed by atoms with Crippen LogP contribution in [0.1, 0.15) is 44.7 Å². The van der Waals surface area contributed by atoms with Gasteiger partial charge in [-0.05, 0) is 29.4 Å². The molecule has 0 radical (unpaired) electrons. The van der Waals surface area contributed by atoms with Crippen molar-refractivity contribution < 1.29 is 19.5 Å². The molecule has 12 heteroatoms. The van der Waals surface area contributed by atoms with E-state index in [9.17, 15) is 19.5 Å². The monoisotopic (exact) mass is 535 g/mol. The third kappa shape index (κ3) is 12.1. The molecule has 0 heterocycles. The van der Waals surface area contributed by atoms with Crippen LogP contribution in [-0.4, -0.2) is 65.9 Å². The Morgan fingerprint density at radius 1 is 1.14 bits per heavy atom. The van der Waals surface area contributed by atoms with Crippen molar-refractivity contribution in [3.63, 3.8) is 0 Å². The number of thioether (sulfide) groups is 1. The number of aliphatic hydroxyl groups is 1. The third-order valence-electron chi connectivity index (χ3n) is 5.41. The summed E-state index contributed by atoms with van der Waals surface area (Å²) in [6.45, 7) is 8.94. The second-order valence-corrected chi connectivity index (χ2v) is 10.6. The Labute approximate surface area is 223 Å². The molecule has 3 amide bonds. The lowest BCUT2D eigenvalue weighted by molar-refractivity contribution is -0.133. The van der Waals surface area contributed by atoms with Gasteiger partial charge in [0, 0.05) is 18.1 Å². The fourth-order valence-corrected chi connectivity index (χ4v) is 4.48. The summed E-state index contributed by atoms with van der Waals surface area (Å²) in [6, 6.07) is 5.21. The third-order valence-corrected chi connectivity index (χ3v) is 6.52. The van der Waals surface area contributed by atoms with E-state index < -0.39 is 48.0 Å². The van der Waals surface area contributed by atoms with Crippen molar-refractivity contribution >= 4 is 41.5 Å². The van der Waals surface area contributed by atoms with Gasteiger partial charge in [-0.15, -0.1) is 0 Å². The number of guanidine groups is 1. The Hall–Kier alpha value is -3.09. The molecule has 3 atom stereocenters. The Kier molecular flexibility index (Phi) is 13.7. The number of nitrogens with two attached hydrogens (primary N) is 3. The van der Waals surface area contributed by atoms with Gasteiger partial charge >= 0.3 is 0 Å². The lowest BCUT2D eigenvalue weighted by Crippen LogP contribution is -2.59. The Morgan fingerprint density at radius 3 is 2.38 bits per heavy atom. The summed E-state index contributed by atoms with van der Waals surface area (Å²) in [5.74, 6) is -0.771. The number of rotatable bonds is 16. The minimum absolute atomic E-state index is 0.0746. The molecule has 0 saturated carbocycles. The highest BCUT2D eigenvalue weighted by molar-refractivity contribution is 7.98. The zero-order chi connectivity index (χ0) is 28.0. The number of hydrogen-bond donors (Lipinski definition) is 7. The standard InChI is InChI=1S/C25H41N7O4S/c1-5-16-8-6-9-17(12-16)13-37-14-19(30-15-33)23(36)31-18(10-7-11-29-24(27)28)22(35)32-20(21(26)34)25(2,3)4/h5-6,8-9,12,18-20,30,33H,1,7,10-11,13-15H2,2-4H3,(H2,26,34)(H,31,36)(H,32,35)(H4,27,28,29)/t18-,19-,20+/m0/s1. The first-order valence-corrected chi connectivity index (χ1v) is 13.1. The fourth-order valence-electron chi connectivity index (χ4n) is 3.44. The molecule has 0 aromatic heterocycles. The molecule has 1 rings (SSSR count). The second-order valence-electron chi connectivity index (χ2n) is 9.60. The number of nitrogens with one attached hydrogen (secondary N) is 3. The molecule has 1 aromatic carbocycles. The van der Waals surface area contributed by atoms with Crippen molar-refractivity contribution in [3.8, 4) is 0 Å². The van der Waals surface area contributed by atoms with E-state index in [1.165, 1.54) is 11.8 Å². The molecule has 11 nitrogen and oxygen atoms in total. The molecule has 10 N–H and O–H groups in total. The number of nitrogens with zero attached hydrogens (tertiary/aromatic N) is 1. The van der Waals surface area contributed by atoms with Crippen LogP contribution in [0.25, 0.3) is 6.08 Å². The number of aliphatic imine (C=N–C) groups is 1. The van der Waals surface area contributed by atoms with Crippen LogP contribution in [0.3, 0.4) is 0 Å². The largest absolute Gasteiger partial charge is 0.381 e. The number of amides is 3. The highest BCUT2D eigenvalue weighted by Gasteiger charge is 2.34. The second kappa shape index (κ2) is 15.9. The summed E-state index contributed by atoms with van der Waals surface area (Å²) in [6.07, 6.45) is 2.38. The van der Waals surface area contributed by atoms with Crippen molar-refractivity contribution in [2.24, 2.45) is 27.6 Å². The van der Waals surface area contributed by atoms with Crippen molar-refractivity contribution in [2.45, 2.75) is 57.5 Å². The van der Waals surface area contributed by atoms with E-state index in [1.807, 2.05) is 24.3 Å². The predicted octanol–water partition coefficient (Wildman–Crippen LogP) is 0.0254. The molecule has 1 aromatic rings. The Bertz CT molecular complexity index is 945. The molecule has 0 unspecified atom stereocenters. The van der Waals surface area contributed by atoms with Gasteiger partial charge in [0.15, 0.2) is 5.96 Å². The van der Waals surface area contributed by atoms with E-state index >= 15 is 0 Å². The average molecular weight is 536 g/mol. The van der Waals surface area contributed by atoms with Crippen LogP contribution in [-0.2, 0) is 20.1 Å². The molecule has 0 saturated heterocycles. The summed E-state index contributed by atoms with van der Waals surface area (Å²) in [5.41, 5.74) is 17.7. The van der Waals surface area contributed by atoms with Gasteiger partial charge in [0.2, 0.25) is 17.7 Å². The smallest absolute Gasteiger partial charge is 0.243 e. The number of aliphatic hydroxyl groups excluding tert-OH is 1. The van der Waals surface area contributed by atoms with Crippen molar-refractivity contribution in [1.82, 2.24) is 16.0 Å². The fraction of sp³-hybridized carbons (Fsp3) is 0.520. The van der Waals surface area contributed by atoms with Crippen LogP contribution in [0.5, 0.6) is 0 Å². The summed E-state index contributed by atoms with van der Waals surface area (Å²) in [5, 5.41) is 17.6. The lowest BCUT2D eigenvalue weighted by Gasteiger charge is -2.31. The molecule has 0 aliphatic rings. The summed E-state index contributed by atoms with van der Waals surface area (Å²) in [4.78, 5) is 42.1. The number of carbonyl (C=O) groups excluding carboxylic acids is 3. The van der Waals surface area contributed by atoms with Gasteiger partial charge in [0.25, 0.3) is 0 Å². The SMILES string of the molecule is C=Cc1cccc(CSC[C@H](NCO)C(=O)N[C@@H](CCCN=C(N)N)C(=O)N[C@H](C(N)=O)C(C)(C)C)c1. The number of carbonyl (C=O) groups is 3. The molecule has 0 fully saturated rings. The number of benzene rings is 1. The van der Waals surface area contributed by atoms with E-state index in [0.717, 1.165) is 11.1 Å². The number of primary amides is 1. The normalized spacial score (nSPS) is 13.6. The molecule has 0 bridgehead atoms.